The molecule has 0 saturated carbocycles. The van der Waals surface area contributed by atoms with E-state index in [9.17, 15) is 9.59 Å². The minimum Gasteiger partial charge on any atom is -0.481 e. The third kappa shape index (κ3) is 2.32. The topological polar surface area (TPSA) is 72.2 Å². The molecule has 0 bridgehead atoms. The standard InChI is InChI=1S/C11H8Cl2N2O3/c12-7-3-1-2-6-9(7)14-11(13)15(10(6)18)5-4-8(16)17/h1-3H,4-5H2,(H,16,17). The van der Waals surface area contributed by atoms with Gasteiger partial charge in [-0.15, -0.1) is 0 Å². The van der Waals surface area contributed by atoms with Crippen molar-refractivity contribution in [1.82, 2.24) is 9.55 Å². The van der Waals surface area contributed by atoms with Crippen molar-refractivity contribution >= 4 is 40.1 Å². The molecule has 0 saturated heterocycles. The Labute approximate surface area is 112 Å². The fourth-order valence-corrected chi connectivity index (χ4v) is 2.05. The first-order valence-electron chi connectivity index (χ1n) is 5.07. The van der Waals surface area contributed by atoms with E-state index in [0.717, 1.165) is 4.57 Å². The van der Waals surface area contributed by atoms with Crippen LogP contribution in [0.5, 0.6) is 0 Å². The lowest BCUT2D eigenvalue weighted by molar-refractivity contribution is -0.137. The normalized spacial score (nSPS) is 10.8. The predicted octanol–water partition coefficient (Wildman–Crippen LogP) is 2.18. The summed E-state index contributed by atoms with van der Waals surface area (Å²) in [5.41, 5.74) is -0.0745. The Kier molecular flexibility index (Phi) is 3.54. The maximum atomic E-state index is 12.1. The van der Waals surface area contributed by atoms with E-state index in [1.54, 1.807) is 18.2 Å². The number of halogens is 2. The van der Waals surface area contributed by atoms with E-state index in [0.29, 0.717) is 15.9 Å². The number of carboxylic acids is 1. The van der Waals surface area contributed by atoms with Crippen LogP contribution >= 0.6 is 23.2 Å². The van der Waals surface area contributed by atoms with Crippen molar-refractivity contribution < 1.29 is 9.90 Å². The van der Waals surface area contributed by atoms with Gasteiger partial charge in [0.05, 0.1) is 22.3 Å². The molecule has 0 radical (unpaired) electrons. The van der Waals surface area contributed by atoms with E-state index in [1.807, 2.05) is 0 Å². The lowest BCUT2D eigenvalue weighted by Gasteiger charge is -2.08. The highest BCUT2D eigenvalue weighted by Crippen LogP contribution is 2.20. The second kappa shape index (κ2) is 4.96. The van der Waals surface area contributed by atoms with Crippen LogP contribution in [0.1, 0.15) is 6.42 Å². The van der Waals surface area contributed by atoms with Crippen LogP contribution in [0.25, 0.3) is 10.9 Å². The SMILES string of the molecule is O=C(O)CCn1c(Cl)nc2c(Cl)cccc2c1=O. The average molecular weight is 287 g/mol. The summed E-state index contributed by atoms with van der Waals surface area (Å²) in [7, 11) is 0. The average Bonchev–Trinajstić information content (AvgIpc) is 2.30. The van der Waals surface area contributed by atoms with E-state index in [1.165, 1.54) is 0 Å². The van der Waals surface area contributed by atoms with E-state index in [-0.39, 0.29) is 18.2 Å². The summed E-state index contributed by atoms with van der Waals surface area (Å²) in [6.07, 6.45) is -0.201. The number of aliphatic carboxylic acids is 1. The van der Waals surface area contributed by atoms with Gasteiger partial charge in [-0.05, 0) is 23.7 Å². The Hall–Kier alpha value is -1.59. The highest BCUT2D eigenvalue weighted by Gasteiger charge is 2.12. The molecule has 1 aromatic carbocycles. The van der Waals surface area contributed by atoms with Crippen LogP contribution in [-0.4, -0.2) is 20.6 Å². The van der Waals surface area contributed by atoms with Crippen LogP contribution in [0.4, 0.5) is 0 Å². The molecule has 18 heavy (non-hydrogen) atoms. The minimum atomic E-state index is -1.01. The number of hydrogen-bond donors (Lipinski definition) is 1. The fraction of sp³-hybridized carbons (Fsp3) is 0.182. The van der Waals surface area contributed by atoms with Gasteiger partial charge in [0, 0.05) is 6.54 Å². The zero-order chi connectivity index (χ0) is 13.3. The molecule has 0 fully saturated rings. The lowest BCUT2D eigenvalue weighted by Crippen LogP contribution is -2.23. The Morgan fingerprint density at radius 1 is 1.39 bits per heavy atom. The summed E-state index contributed by atoms with van der Waals surface area (Å²) in [5.74, 6) is -1.01. The Balaban J connectivity index is 2.62. The van der Waals surface area contributed by atoms with Gasteiger partial charge >= 0.3 is 5.97 Å². The quantitative estimate of drug-likeness (QED) is 0.878. The van der Waals surface area contributed by atoms with E-state index >= 15 is 0 Å². The number of carboxylic acid groups (broad SMARTS) is 1. The fourth-order valence-electron chi connectivity index (χ4n) is 1.58. The van der Waals surface area contributed by atoms with E-state index in [2.05, 4.69) is 4.98 Å². The van der Waals surface area contributed by atoms with Crippen LogP contribution < -0.4 is 5.56 Å². The van der Waals surface area contributed by atoms with Crippen molar-refractivity contribution in [2.45, 2.75) is 13.0 Å². The summed E-state index contributed by atoms with van der Waals surface area (Å²) in [6.45, 7) is -0.0253. The molecular weight excluding hydrogens is 279 g/mol. The number of nitrogens with zero attached hydrogens (tertiary/aromatic N) is 2. The third-order valence-electron chi connectivity index (χ3n) is 2.44. The van der Waals surface area contributed by atoms with Gasteiger partial charge in [-0.25, -0.2) is 4.98 Å². The van der Waals surface area contributed by atoms with Crippen molar-refractivity contribution in [2.75, 3.05) is 0 Å². The van der Waals surface area contributed by atoms with Gasteiger partial charge < -0.3 is 5.11 Å². The number of benzene rings is 1. The molecule has 0 unspecified atom stereocenters. The number of carbonyl (C=O) groups is 1. The number of hydrogen-bond acceptors (Lipinski definition) is 3. The molecule has 94 valence electrons. The van der Waals surface area contributed by atoms with Crippen molar-refractivity contribution in [1.29, 1.82) is 0 Å². The predicted molar refractivity (Wildman–Crippen MR) is 68.3 cm³/mol. The molecular formula is C11H8Cl2N2O3. The maximum absolute atomic E-state index is 12.1. The molecule has 0 aliphatic carbocycles. The molecule has 0 aliphatic heterocycles. The molecule has 0 aliphatic rings. The van der Waals surface area contributed by atoms with Crippen LogP contribution in [0, 0.1) is 0 Å². The zero-order valence-corrected chi connectivity index (χ0v) is 10.6. The number of para-hydroxylation sites is 1. The summed E-state index contributed by atoms with van der Waals surface area (Å²) in [4.78, 5) is 26.6. The maximum Gasteiger partial charge on any atom is 0.305 e. The van der Waals surface area contributed by atoms with Gasteiger partial charge in [0.2, 0.25) is 5.28 Å². The monoisotopic (exact) mass is 286 g/mol. The molecule has 0 spiro atoms. The molecule has 7 heteroatoms. The molecule has 2 aromatic rings. The Morgan fingerprint density at radius 3 is 2.78 bits per heavy atom. The van der Waals surface area contributed by atoms with Crippen LogP contribution in [0.2, 0.25) is 10.3 Å². The largest absolute Gasteiger partial charge is 0.481 e. The Morgan fingerprint density at radius 2 is 2.11 bits per heavy atom. The van der Waals surface area contributed by atoms with Gasteiger partial charge in [0.25, 0.3) is 5.56 Å². The molecule has 5 nitrogen and oxygen atoms in total. The molecule has 1 aromatic heterocycles. The van der Waals surface area contributed by atoms with Gasteiger partial charge in [0.15, 0.2) is 0 Å². The van der Waals surface area contributed by atoms with Crippen molar-refractivity contribution in [2.24, 2.45) is 0 Å². The third-order valence-corrected chi connectivity index (χ3v) is 3.03. The second-order valence-corrected chi connectivity index (χ2v) is 4.36. The van der Waals surface area contributed by atoms with Crippen molar-refractivity contribution in [3.05, 3.63) is 38.9 Å². The van der Waals surface area contributed by atoms with E-state index < -0.39 is 11.5 Å². The van der Waals surface area contributed by atoms with Gasteiger partial charge in [0.1, 0.15) is 0 Å². The van der Waals surface area contributed by atoms with Crippen molar-refractivity contribution in [3.8, 4) is 0 Å². The highest BCUT2D eigenvalue weighted by atomic mass is 35.5. The molecule has 2 rings (SSSR count). The molecule has 0 amide bonds. The van der Waals surface area contributed by atoms with Crippen LogP contribution in [-0.2, 0) is 11.3 Å². The summed E-state index contributed by atoms with van der Waals surface area (Å²) in [5, 5.41) is 9.19. The number of rotatable bonds is 3. The summed E-state index contributed by atoms with van der Waals surface area (Å²) in [6, 6.07) is 4.81. The highest BCUT2D eigenvalue weighted by molar-refractivity contribution is 6.35. The lowest BCUT2D eigenvalue weighted by atomic mass is 10.2. The number of aromatic nitrogens is 2. The minimum absolute atomic E-state index is 0.0253. The first-order chi connectivity index (χ1) is 8.50. The van der Waals surface area contributed by atoms with Gasteiger partial charge in [-0.3, -0.25) is 14.2 Å². The first kappa shape index (κ1) is 12.9. The van der Waals surface area contributed by atoms with Crippen LogP contribution in [0.3, 0.4) is 0 Å². The molecule has 0 atom stereocenters. The number of fused-ring (bicyclic) bond motifs is 1. The van der Waals surface area contributed by atoms with Gasteiger partial charge in [-0.2, -0.15) is 0 Å². The summed E-state index contributed by atoms with van der Waals surface area (Å²) >= 11 is 11.8. The summed E-state index contributed by atoms with van der Waals surface area (Å²) < 4.78 is 1.12. The van der Waals surface area contributed by atoms with E-state index in [4.69, 9.17) is 28.3 Å². The molecule has 1 N–H and O–H groups in total. The van der Waals surface area contributed by atoms with Gasteiger partial charge in [-0.1, -0.05) is 17.7 Å². The molecule has 1 heterocycles. The zero-order valence-electron chi connectivity index (χ0n) is 9.06. The first-order valence-corrected chi connectivity index (χ1v) is 5.82. The second-order valence-electron chi connectivity index (χ2n) is 3.62. The van der Waals surface area contributed by atoms with Crippen LogP contribution in [0.15, 0.2) is 23.0 Å². The van der Waals surface area contributed by atoms with Crippen molar-refractivity contribution in [3.63, 3.8) is 0 Å². The Bertz CT molecular complexity index is 682. The smallest absolute Gasteiger partial charge is 0.305 e.